The zero-order valence-corrected chi connectivity index (χ0v) is 12.6. The second-order valence-electron chi connectivity index (χ2n) is 4.39. The number of hydrogen-bond acceptors (Lipinski definition) is 5. The Labute approximate surface area is 131 Å². The number of nitro benzene ring substituents is 1. The standard InChI is InChI=1S/C14H14N4O3S/c1-2-15-14(22)17-16-8-12-11-5-4-10(18(20)21)7-9(11)3-6-13(12)19/h3-8,19H,2H2,1H3,(H2,15,17,22)/b16-8-. The van der Waals surface area contributed by atoms with Crippen molar-refractivity contribution in [1.29, 1.82) is 0 Å². The lowest BCUT2D eigenvalue weighted by atomic mass is 10.0. The number of hydrazone groups is 1. The van der Waals surface area contributed by atoms with Crippen LogP contribution in [0.4, 0.5) is 5.69 Å². The minimum absolute atomic E-state index is 0.00692. The van der Waals surface area contributed by atoms with Gasteiger partial charge in [-0.3, -0.25) is 15.5 Å². The Morgan fingerprint density at radius 2 is 2.23 bits per heavy atom. The Hall–Kier alpha value is -2.74. The number of phenols is 1. The highest BCUT2D eigenvalue weighted by atomic mass is 32.1. The van der Waals surface area contributed by atoms with E-state index in [1.165, 1.54) is 24.4 Å². The van der Waals surface area contributed by atoms with Crippen LogP contribution >= 0.6 is 12.2 Å². The summed E-state index contributed by atoms with van der Waals surface area (Å²) in [6.45, 7) is 2.58. The van der Waals surface area contributed by atoms with Crippen molar-refractivity contribution in [1.82, 2.24) is 10.7 Å². The highest BCUT2D eigenvalue weighted by Crippen LogP contribution is 2.28. The van der Waals surface area contributed by atoms with E-state index in [0.717, 1.165) is 0 Å². The molecule has 2 aromatic rings. The monoisotopic (exact) mass is 318 g/mol. The van der Waals surface area contributed by atoms with Gasteiger partial charge in [0.15, 0.2) is 5.11 Å². The van der Waals surface area contributed by atoms with Crippen LogP contribution in [0.3, 0.4) is 0 Å². The van der Waals surface area contributed by atoms with Crippen molar-refractivity contribution in [2.45, 2.75) is 6.92 Å². The minimum atomic E-state index is -0.462. The Morgan fingerprint density at radius 1 is 1.45 bits per heavy atom. The number of thiocarbonyl (C=S) groups is 1. The predicted molar refractivity (Wildman–Crippen MR) is 89.3 cm³/mol. The van der Waals surface area contributed by atoms with Gasteiger partial charge in [0.2, 0.25) is 0 Å². The Kier molecular flexibility index (Phi) is 4.84. The van der Waals surface area contributed by atoms with Gasteiger partial charge in [-0.1, -0.05) is 6.07 Å². The average Bonchev–Trinajstić information content (AvgIpc) is 2.49. The molecule has 0 fully saturated rings. The lowest BCUT2D eigenvalue weighted by Crippen LogP contribution is -2.31. The van der Waals surface area contributed by atoms with Crippen LogP contribution in [0.5, 0.6) is 5.75 Å². The van der Waals surface area contributed by atoms with Gasteiger partial charge in [0.1, 0.15) is 5.75 Å². The molecule has 0 heterocycles. The fourth-order valence-electron chi connectivity index (χ4n) is 1.93. The molecule has 0 aromatic heterocycles. The molecule has 0 unspecified atom stereocenters. The van der Waals surface area contributed by atoms with E-state index in [4.69, 9.17) is 12.2 Å². The van der Waals surface area contributed by atoms with E-state index in [0.29, 0.717) is 28.0 Å². The van der Waals surface area contributed by atoms with E-state index < -0.39 is 4.92 Å². The number of hydrogen-bond donors (Lipinski definition) is 3. The molecule has 2 aromatic carbocycles. The highest BCUT2D eigenvalue weighted by Gasteiger charge is 2.10. The molecule has 0 aliphatic heterocycles. The SMILES string of the molecule is CCNC(=S)N/N=C\c1c(O)ccc2cc([N+](=O)[O-])ccc12. The number of benzene rings is 2. The summed E-state index contributed by atoms with van der Waals surface area (Å²) in [5.74, 6) is 0.0290. The molecule has 22 heavy (non-hydrogen) atoms. The summed E-state index contributed by atoms with van der Waals surface area (Å²) < 4.78 is 0. The van der Waals surface area contributed by atoms with Crippen molar-refractivity contribution >= 4 is 40.0 Å². The number of nitro groups is 1. The zero-order valence-electron chi connectivity index (χ0n) is 11.7. The molecule has 7 nitrogen and oxygen atoms in total. The van der Waals surface area contributed by atoms with Crippen LogP contribution in [-0.2, 0) is 0 Å². The average molecular weight is 318 g/mol. The number of phenolic OH excluding ortho intramolecular Hbond substituents is 1. The molecule has 0 saturated carbocycles. The topological polar surface area (TPSA) is 99.8 Å². The lowest BCUT2D eigenvalue weighted by molar-refractivity contribution is -0.384. The summed E-state index contributed by atoms with van der Waals surface area (Å²) in [5, 5.41) is 29.3. The van der Waals surface area contributed by atoms with Gasteiger partial charge in [-0.2, -0.15) is 5.10 Å². The molecule has 0 aliphatic carbocycles. The Balaban J connectivity index is 2.36. The van der Waals surface area contributed by atoms with E-state index in [2.05, 4.69) is 15.8 Å². The number of nitrogens with zero attached hydrogens (tertiary/aromatic N) is 2. The van der Waals surface area contributed by atoms with Crippen LogP contribution in [-0.4, -0.2) is 27.9 Å². The molecular weight excluding hydrogens is 304 g/mol. The summed E-state index contributed by atoms with van der Waals surface area (Å²) in [6, 6.07) is 7.50. The zero-order chi connectivity index (χ0) is 16.1. The van der Waals surface area contributed by atoms with Crippen molar-refractivity contribution in [3.05, 3.63) is 46.0 Å². The number of non-ortho nitro benzene ring substituents is 1. The quantitative estimate of drug-likeness (QED) is 0.346. The molecule has 114 valence electrons. The van der Waals surface area contributed by atoms with E-state index in [1.807, 2.05) is 6.92 Å². The van der Waals surface area contributed by atoms with Gasteiger partial charge < -0.3 is 10.4 Å². The van der Waals surface area contributed by atoms with Crippen molar-refractivity contribution in [3.8, 4) is 5.75 Å². The molecule has 0 saturated heterocycles. The largest absolute Gasteiger partial charge is 0.507 e. The Morgan fingerprint density at radius 3 is 2.91 bits per heavy atom. The molecular formula is C14H14N4O3S. The molecule has 0 radical (unpaired) electrons. The van der Waals surface area contributed by atoms with Gasteiger partial charge in [-0.15, -0.1) is 0 Å². The number of aromatic hydroxyl groups is 1. The molecule has 0 atom stereocenters. The van der Waals surface area contributed by atoms with Crippen molar-refractivity contribution in [2.24, 2.45) is 5.10 Å². The summed E-state index contributed by atoms with van der Waals surface area (Å²) >= 11 is 4.97. The van der Waals surface area contributed by atoms with Gasteiger partial charge in [0, 0.05) is 24.2 Å². The fraction of sp³-hybridized carbons (Fsp3) is 0.143. The molecule has 2 rings (SSSR count). The van der Waals surface area contributed by atoms with Crippen molar-refractivity contribution in [2.75, 3.05) is 6.54 Å². The van der Waals surface area contributed by atoms with Crippen LogP contribution in [0.25, 0.3) is 10.8 Å². The van der Waals surface area contributed by atoms with Crippen LogP contribution < -0.4 is 10.7 Å². The maximum absolute atomic E-state index is 10.8. The highest BCUT2D eigenvalue weighted by molar-refractivity contribution is 7.80. The van der Waals surface area contributed by atoms with Crippen LogP contribution in [0.2, 0.25) is 0 Å². The first kappa shape index (κ1) is 15.6. The maximum Gasteiger partial charge on any atom is 0.270 e. The third kappa shape index (κ3) is 3.47. The maximum atomic E-state index is 10.8. The number of fused-ring (bicyclic) bond motifs is 1. The van der Waals surface area contributed by atoms with Crippen LogP contribution in [0.1, 0.15) is 12.5 Å². The molecule has 8 heteroatoms. The van der Waals surface area contributed by atoms with E-state index >= 15 is 0 Å². The minimum Gasteiger partial charge on any atom is -0.507 e. The van der Waals surface area contributed by atoms with E-state index in [1.54, 1.807) is 12.1 Å². The number of nitrogens with one attached hydrogen (secondary N) is 2. The molecule has 3 N–H and O–H groups in total. The fourth-order valence-corrected chi connectivity index (χ4v) is 2.13. The van der Waals surface area contributed by atoms with E-state index in [9.17, 15) is 15.2 Å². The van der Waals surface area contributed by atoms with Crippen LogP contribution in [0, 0.1) is 10.1 Å². The van der Waals surface area contributed by atoms with E-state index in [-0.39, 0.29) is 11.4 Å². The molecule has 0 spiro atoms. The lowest BCUT2D eigenvalue weighted by Gasteiger charge is -2.06. The number of rotatable bonds is 4. The molecule has 0 aliphatic rings. The first-order valence-electron chi connectivity index (χ1n) is 6.50. The molecule has 0 amide bonds. The third-order valence-corrected chi connectivity index (χ3v) is 3.17. The van der Waals surface area contributed by atoms with Crippen molar-refractivity contribution in [3.63, 3.8) is 0 Å². The van der Waals surface area contributed by atoms with Crippen molar-refractivity contribution < 1.29 is 10.0 Å². The summed E-state index contributed by atoms with van der Waals surface area (Å²) in [5.41, 5.74) is 3.07. The van der Waals surface area contributed by atoms with Gasteiger partial charge in [-0.25, -0.2) is 0 Å². The smallest absolute Gasteiger partial charge is 0.270 e. The normalized spacial score (nSPS) is 10.8. The van der Waals surface area contributed by atoms with Gasteiger partial charge in [0.05, 0.1) is 11.1 Å². The third-order valence-electron chi connectivity index (χ3n) is 2.93. The summed E-state index contributed by atoms with van der Waals surface area (Å²) in [4.78, 5) is 10.3. The van der Waals surface area contributed by atoms with Crippen LogP contribution in [0.15, 0.2) is 35.4 Å². The first-order chi connectivity index (χ1) is 10.5. The summed E-state index contributed by atoms with van der Waals surface area (Å²) in [7, 11) is 0. The first-order valence-corrected chi connectivity index (χ1v) is 6.90. The van der Waals surface area contributed by atoms with Gasteiger partial charge in [-0.05, 0) is 42.0 Å². The second-order valence-corrected chi connectivity index (χ2v) is 4.80. The predicted octanol–water partition coefficient (Wildman–Crippen LogP) is 2.27. The summed E-state index contributed by atoms with van der Waals surface area (Å²) in [6.07, 6.45) is 1.42. The second kappa shape index (κ2) is 6.81. The molecule has 0 bridgehead atoms. The van der Waals surface area contributed by atoms with Gasteiger partial charge >= 0.3 is 0 Å². The van der Waals surface area contributed by atoms with Gasteiger partial charge in [0.25, 0.3) is 5.69 Å². The Bertz CT molecular complexity index is 761.